The fourth-order valence-electron chi connectivity index (χ4n) is 9.30. The van der Waals surface area contributed by atoms with E-state index in [9.17, 15) is 49.3 Å². The largest absolute Gasteiger partial charge is 0.542 e. The van der Waals surface area contributed by atoms with E-state index < -0.39 is 20.2 Å². The van der Waals surface area contributed by atoms with Gasteiger partial charge in [-0.15, -0.1) is 11.6 Å². The first kappa shape index (κ1) is 99.9. The molecule has 0 radical (unpaired) electrons. The summed E-state index contributed by atoms with van der Waals surface area (Å²) in [6, 6.07) is 13.6. The number of nitrogens with two attached hydrogens (primary N) is 2. The van der Waals surface area contributed by atoms with Crippen LogP contribution in [0.5, 0.6) is 28.7 Å². The number of nitrogens with one attached hydrogen (secondary N) is 1. The van der Waals surface area contributed by atoms with Crippen LogP contribution in [0.15, 0.2) is 76.8 Å². The van der Waals surface area contributed by atoms with Crippen molar-refractivity contribution in [2.24, 2.45) is 23.3 Å². The third-order valence-corrected chi connectivity index (χ3v) is 23.4. The first-order chi connectivity index (χ1) is 51.1. The molecule has 0 aliphatic carbocycles. The molecule has 1 amide bonds. The minimum Gasteiger partial charge on any atom is -0.542 e. The van der Waals surface area contributed by atoms with Crippen LogP contribution in [0.2, 0.25) is 18.1 Å². The van der Waals surface area contributed by atoms with Crippen LogP contribution in [0.25, 0.3) is 16.8 Å². The number of aromatic nitrogens is 7. The fraction of sp³-hybridized carbons (Fsp3) is 0.487. The molecule has 111 heavy (non-hydrogen) atoms. The third kappa shape index (κ3) is 32.3. The molecule has 2 atom stereocenters. The number of ether oxygens (including phenoxy) is 2. The smallest absolute Gasteiger partial charge is 0.320 e. The van der Waals surface area contributed by atoms with Crippen molar-refractivity contribution in [1.29, 1.82) is 15.8 Å². The van der Waals surface area contributed by atoms with Crippen LogP contribution in [-0.4, -0.2) is 130 Å². The maximum Gasteiger partial charge on any atom is 0.320 e. The summed E-state index contributed by atoms with van der Waals surface area (Å²) in [5.74, 6) is 3.23. The maximum atomic E-state index is 12.7. The first-order valence-corrected chi connectivity index (χ1v) is 41.5. The van der Waals surface area contributed by atoms with Crippen molar-refractivity contribution in [3.05, 3.63) is 134 Å². The van der Waals surface area contributed by atoms with Crippen LogP contribution in [0.4, 0.5) is 0 Å². The summed E-state index contributed by atoms with van der Waals surface area (Å²) in [7, 11) is -0.363. The normalized spacial score (nSPS) is 13.5. The Morgan fingerprint density at radius 1 is 0.721 bits per heavy atom. The molecule has 0 saturated heterocycles. The van der Waals surface area contributed by atoms with Gasteiger partial charge in [-0.25, -0.2) is 4.98 Å². The first-order valence-electron chi connectivity index (χ1n) is 35.2. The summed E-state index contributed by atoms with van der Waals surface area (Å²) in [4.78, 5) is 92.8. The lowest BCUT2D eigenvalue weighted by molar-refractivity contribution is -0.141. The number of thiocarbonyl (C=S) groups is 2. The van der Waals surface area contributed by atoms with Crippen LogP contribution in [0.3, 0.4) is 0 Å². The lowest BCUT2D eigenvalue weighted by Gasteiger charge is -2.37. The number of alkyl halides is 2. The Balaban J connectivity index is 0.000000665. The highest BCUT2D eigenvalue weighted by Crippen LogP contribution is 2.41. The second-order valence-corrected chi connectivity index (χ2v) is 39.9. The van der Waals surface area contributed by atoms with E-state index in [1.165, 1.54) is 36.2 Å². The van der Waals surface area contributed by atoms with E-state index in [1.807, 2.05) is 80.5 Å². The van der Waals surface area contributed by atoms with Gasteiger partial charge >= 0.3 is 5.97 Å². The number of hydrogen-bond donors (Lipinski definition) is 6. The number of amides is 1. The number of halogens is 2. The van der Waals surface area contributed by atoms with Crippen molar-refractivity contribution >= 4 is 118 Å². The Morgan fingerprint density at radius 3 is 1.50 bits per heavy atom. The molecule has 6 aromatic heterocycles. The SMILES string of the molecule is CC(C)(C)c1ncc(C2=C(C#N)C(=O)NC(=S)C2)cc1O.CC(C)(C)c1ncc(C=O)cc1O.CC(C)(C)c1ncc(C=O)cc1O[Si](C)(C)C(C)(C)C.CC(CCl)CBr.CC1CSc2nc(-c3cnc(C(C)(C)C)c(O)c3)c(C#N)c(=O)n2C1.CCOC(=O)CC#N.COc1cc(C=O)cnc1C(C)(C)C.NC(N)=S. The summed E-state index contributed by atoms with van der Waals surface area (Å²) in [5.41, 5.74) is 14.7. The van der Waals surface area contributed by atoms with Gasteiger partial charge in [0.1, 0.15) is 58.4 Å². The highest BCUT2D eigenvalue weighted by atomic mass is 79.9. The van der Waals surface area contributed by atoms with Crippen molar-refractivity contribution in [2.45, 2.75) is 215 Å². The van der Waals surface area contributed by atoms with E-state index in [0.29, 0.717) is 97.6 Å². The maximum absolute atomic E-state index is 12.7. The predicted molar refractivity (Wildman–Crippen MR) is 452 cm³/mol. The predicted octanol–water partition coefficient (Wildman–Crippen LogP) is 15.7. The quantitative estimate of drug-likeness (QED) is 0.0165. The van der Waals surface area contributed by atoms with E-state index in [0.717, 1.165) is 46.7 Å². The zero-order valence-corrected chi connectivity index (χ0v) is 74.0. The number of methoxy groups -OCH3 is 1. The minimum atomic E-state index is -1.95. The number of carbonyl (C=O) groups is 5. The number of hydrogen-bond acceptors (Lipinski definition) is 24. The molecule has 31 heteroatoms. The zero-order valence-electron chi connectivity index (χ0n) is 68.2. The molecule has 0 saturated carbocycles. The monoisotopic (exact) mass is 1680 g/mol. The third-order valence-electron chi connectivity index (χ3n) is 15.9. The van der Waals surface area contributed by atoms with Gasteiger partial charge in [0.15, 0.2) is 29.1 Å². The number of thioether (sulfide) groups is 1. The molecule has 0 aromatic carbocycles. The van der Waals surface area contributed by atoms with Gasteiger partial charge < -0.3 is 46.0 Å². The topological polar surface area (TPSA) is 409 Å². The summed E-state index contributed by atoms with van der Waals surface area (Å²) >= 11 is 19.3. The molecule has 0 bridgehead atoms. The van der Waals surface area contributed by atoms with Crippen LogP contribution in [0.1, 0.15) is 229 Å². The number of rotatable bonds is 12. The van der Waals surface area contributed by atoms with Crippen molar-refractivity contribution in [3.63, 3.8) is 0 Å². The van der Waals surface area contributed by atoms with E-state index in [4.69, 9.17) is 43.5 Å². The second-order valence-electron chi connectivity index (χ2n) is 32.3. The van der Waals surface area contributed by atoms with Crippen LogP contribution in [0, 0.1) is 45.8 Å². The van der Waals surface area contributed by atoms with Gasteiger partial charge in [0.05, 0.1) is 58.9 Å². The van der Waals surface area contributed by atoms with Gasteiger partial charge in [0.25, 0.3) is 19.8 Å². The lowest BCUT2D eigenvalue weighted by atomic mass is 9.89. The van der Waals surface area contributed by atoms with Crippen LogP contribution < -0.4 is 31.5 Å². The number of fused-ring (bicyclic) bond motifs is 1. The average molecular weight is 1680 g/mol. The fourth-order valence-corrected chi connectivity index (χ4v) is 12.2. The molecule has 8 rings (SSSR count). The van der Waals surface area contributed by atoms with E-state index in [2.05, 4.69) is 169 Å². The molecular weight excluding hydrogens is 1570 g/mol. The molecule has 2 unspecified atom stereocenters. The highest BCUT2D eigenvalue weighted by Gasteiger charge is 2.40. The number of aldehydes is 3. The van der Waals surface area contributed by atoms with Crippen molar-refractivity contribution in [1.82, 2.24) is 39.8 Å². The molecule has 0 spiro atoms. The van der Waals surface area contributed by atoms with Crippen molar-refractivity contribution < 1.29 is 53.2 Å². The summed E-state index contributed by atoms with van der Waals surface area (Å²) < 4.78 is 17.6. The number of esters is 1. The molecule has 8 N–H and O–H groups in total. The molecular formula is C80H109BrClN13O12S3Si. The Labute approximate surface area is 683 Å². The van der Waals surface area contributed by atoms with Gasteiger partial charge in [0, 0.05) is 116 Å². The minimum absolute atomic E-state index is 0.000000000000000222. The molecule has 2 aliphatic rings. The Bertz CT molecular complexity index is 4470. The van der Waals surface area contributed by atoms with E-state index in [-0.39, 0.29) is 89.7 Å². The molecule has 2 aliphatic heterocycles. The molecule has 6 aromatic rings. The molecule has 602 valence electrons. The summed E-state index contributed by atoms with van der Waals surface area (Å²) in [5, 5.41) is 60.7. The van der Waals surface area contributed by atoms with Gasteiger partial charge in [-0.05, 0) is 85.0 Å². The number of pyridine rings is 5. The standard InChI is InChI=1S/C18H20N4O2S.C16H27NO2Si.C15H15N3O2S.C11H15NO2.C10H13NO2.C5H7NO2.C4H8BrCl.CH4N2S/c1-10-8-22-16(24)12(6-19)14(21-17(22)25-9-10)11-5-13(23)15(20-7-11)18(2,3)4;1-15(2,3)14-13(9-12(11-18)10-17-14)19-20(7,8)16(4,5)6;1-15(2,3)13-11(19)4-8(7-17-13)9-5-12(21)18-14(20)10(9)6-16;1-11(2,3)10-9(14-4)5-8(7-13)6-12-10;1-10(2,3)9-8(13)4-7(6-12)5-11-9;1-2-8-5(7)3-4-6;1-4(2-5)3-6;2-1(3)4/h5,7,10,23H,8-9H2,1-4H3;9-11H,1-8H3;4,7,19H,5H2,1-3H3,(H,18,20,21);5-7H,1-4H3;4-6,13H,1-3H3;2-3H2,1H3;4H,2-3H2,1H3;(H4,2,3,4). The van der Waals surface area contributed by atoms with E-state index >= 15 is 0 Å². The molecule has 8 heterocycles. The average Bonchev–Trinajstić information content (AvgIpc) is 0.771. The number of nitriles is 3. The molecule has 0 fully saturated rings. The lowest BCUT2D eigenvalue weighted by Crippen LogP contribution is -2.44. The molecule has 25 nitrogen and oxygen atoms in total. The van der Waals surface area contributed by atoms with Crippen LogP contribution in [-0.2, 0) is 47.9 Å². The number of aromatic hydroxyl groups is 3. The summed E-state index contributed by atoms with van der Waals surface area (Å²) in [6.07, 6.45) is 10.2. The Hall–Kier alpha value is -9.09. The van der Waals surface area contributed by atoms with Gasteiger partial charge in [-0.2, -0.15) is 15.8 Å². The van der Waals surface area contributed by atoms with Crippen molar-refractivity contribution in [2.75, 3.05) is 30.7 Å². The Kier molecular flexibility index (Phi) is 39.8. The number of nitrogens with zero attached hydrogens (tertiary/aromatic N) is 10. The van der Waals surface area contributed by atoms with Gasteiger partial charge in [-0.1, -0.05) is 178 Å². The van der Waals surface area contributed by atoms with E-state index in [1.54, 1.807) is 55.5 Å². The number of carbonyl (C=O) groups excluding carboxylic acids is 5. The summed E-state index contributed by atoms with van der Waals surface area (Å²) in [6.45, 7) is 47.8. The van der Waals surface area contributed by atoms with Crippen molar-refractivity contribution in [3.8, 4) is 58.2 Å². The van der Waals surface area contributed by atoms with Crippen LogP contribution >= 0.6 is 63.7 Å². The highest BCUT2D eigenvalue weighted by molar-refractivity contribution is 9.09. The zero-order chi connectivity index (χ0) is 85.7. The Morgan fingerprint density at radius 2 is 1.14 bits per heavy atom. The van der Waals surface area contributed by atoms with Gasteiger partial charge in [0.2, 0.25) is 0 Å². The van der Waals surface area contributed by atoms with Gasteiger partial charge in [-0.3, -0.25) is 58.3 Å². The second kappa shape index (κ2) is 44.2.